The van der Waals surface area contributed by atoms with Crippen molar-refractivity contribution in [1.29, 1.82) is 0 Å². The Bertz CT molecular complexity index is 2340. The molecule has 0 aliphatic heterocycles. The minimum atomic E-state index is -0.327. The topological polar surface area (TPSA) is 38.0 Å². The predicted molar refractivity (Wildman–Crippen MR) is 189 cm³/mol. The van der Waals surface area contributed by atoms with Crippen LogP contribution < -0.4 is 11.1 Å². The maximum absolute atomic E-state index is 6.79. The quantitative estimate of drug-likeness (QED) is 0.120. The summed E-state index contributed by atoms with van der Waals surface area (Å²) in [5.41, 5.74) is 10.2. The third kappa shape index (κ3) is 4.71. The van der Waals surface area contributed by atoms with Crippen molar-refractivity contribution in [3.8, 4) is 0 Å². The van der Waals surface area contributed by atoms with Crippen LogP contribution in [0.3, 0.4) is 0 Å². The van der Waals surface area contributed by atoms with E-state index in [-0.39, 0.29) is 12.2 Å². The van der Waals surface area contributed by atoms with Crippen molar-refractivity contribution in [1.82, 2.24) is 5.32 Å². The number of hydrogen-bond donors (Lipinski definition) is 2. The second-order valence-corrected chi connectivity index (χ2v) is 11.6. The van der Waals surface area contributed by atoms with Gasteiger partial charge in [-0.15, -0.1) is 0 Å². The second-order valence-electron chi connectivity index (χ2n) is 11.6. The van der Waals surface area contributed by atoms with Gasteiger partial charge in [0.2, 0.25) is 0 Å². The van der Waals surface area contributed by atoms with Crippen molar-refractivity contribution in [2.24, 2.45) is 5.73 Å². The van der Waals surface area contributed by atoms with Crippen LogP contribution in [0.15, 0.2) is 158 Å². The Morgan fingerprint density at radius 2 is 0.977 bits per heavy atom. The first-order valence-electron chi connectivity index (χ1n) is 15.2. The Morgan fingerprint density at radius 1 is 0.432 bits per heavy atom. The van der Waals surface area contributed by atoms with E-state index in [9.17, 15) is 0 Å². The number of nitrogens with two attached hydrogens (primary N) is 1. The highest BCUT2D eigenvalue weighted by Gasteiger charge is 2.16. The molecule has 2 heteroatoms. The summed E-state index contributed by atoms with van der Waals surface area (Å²) in [6, 6.07) is 54.1. The number of rotatable bonds is 6. The Kier molecular flexibility index (Phi) is 6.64. The zero-order chi connectivity index (χ0) is 29.5. The molecule has 2 nitrogen and oxygen atoms in total. The SMILES string of the molecule is NC(NC(/C=C/c1c2ccccc2cc2c1ccc1ccccc12)c1ccc2c(ccc3ccccc32)c1)c1ccccc1. The van der Waals surface area contributed by atoms with E-state index >= 15 is 0 Å². The van der Waals surface area contributed by atoms with Gasteiger partial charge in [-0.05, 0) is 82.7 Å². The molecule has 0 spiro atoms. The van der Waals surface area contributed by atoms with E-state index in [1.165, 1.54) is 65.0 Å². The van der Waals surface area contributed by atoms with Gasteiger partial charge in [0.15, 0.2) is 0 Å². The summed E-state index contributed by atoms with van der Waals surface area (Å²) in [6.45, 7) is 0. The lowest BCUT2D eigenvalue weighted by molar-refractivity contribution is 0.509. The molecule has 210 valence electrons. The third-order valence-corrected chi connectivity index (χ3v) is 8.91. The molecule has 0 saturated heterocycles. The standard InChI is InChI=1S/C42H32N2/c43-42(30-12-2-1-3-13-30)44-41(33-21-22-37-32(26-33)19-18-28-10-4-7-15-34(28)37)25-24-38-36-17-9-6-14-31(36)27-40-35-16-8-5-11-29(35)20-23-39(38)40/h1-27,41-42,44H,43H2/b25-24+. The summed E-state index contributed by atoms with van der Waals surface area (Å²) in [6.07, 6.45) is 4.24. The van der Waals surface area contributed by atoms with E-state index in [0.29, 0.717) is 0 Å². The first-order valence-corrected chi connectivity index (χ1v) is 15.2. The summed E-state index contributed by atoms with van der Waals surface area (Å²) < 4.78 is 0. The average molecular weight is 565 g/mol. The predicted octanol–water partition coefficient (Wildman–Crippen LogP) is 10.5. The Morgan fingerprint density at radius 3 is 1.75 bits per heavy atom. The van der Waals surface area contributed by atoms with Gasteiger partial charge in [0.1, 0.15) is 0 Å². The highest BCUT2D eigenvalue weighted by molar-refractivity contribution is 6.16. The third-order valence-electron chi connectivity index (χ3n) is 8.91. The summed E-state index contributed by atoms with van der Waals surface area (Å²) in [5, 5.41) is 16.3. The van der Waals surface area contributed by atoms with E-state index in [0.717, 1.165) is 5.56 Å². The maximum atomic E-state index is 6.79. The van der Waals surface area contributed by atoms with E-state index < -0.39 is 0 Å². The molecular weight excluding hydrogens is 532 g/mol. The number of fused-ring (bicyclic) bond motifs is 7. The Labute approximate surface area is 257 Å². The van der Waals surface area contributed by atoms with Crippen molar-refractivity contribution < 1.29 is 0 Å². The zero-order valence-corrected chi connectivity index (χ0v) is 24.3. The summed E-state index contributed by atoms with van der Waals surface area (Å²) in [7, 11) is 0. The van der Waals surface area contributed by atoms with Crippen LogP contribution in [0, 0.1) is 0 Å². The molecule has 0 amide bonds. The van der Waals surface area contributed by atoms with Crippen LogP contribution in [-0.2, 0) is 0 Å². The van der Waals surface area contributed by atoms with Crippen LogP contribution in [0.5, 0.6) is 0 Å². The van der Waals surface area contributed by atoms with Crippen LogP contribution in [0.25, 0.3) is 59.9 Å². The lowest BCUT2D eigenvalue weighted by atomic mass is 9.92. The lowest BCUT2D eigenvalue weighted by Gasteiger charge is -2.22. The van der Waals surface area contributed by atoms with Crippen LogP contribution in [0.4, 0.5) is 0 Å². The van der Waals surface area contributed by atoms with Crippen molar-refractivity contribution >= 4 is 59.9 Å². The average Bonchev–Trinajstić information content (AvgIpc) is 3.09. The molecule has 2 unspecified atom stereocenters. The summed E-state index contributed by atoms with van der Waals surface area (Å²) in [4.78, 5) is 0. The zero-order valence-electron chi connectivity index (χ0n) is 24.3. The highest BCUT2D eigenvalue weighted by Crippen LogP contribution is 2.35. The van der Waals surface area contributed by atoms with Gasteiger partial charge in [0, 0.05) is 0 Å². The fourth-order valence-electron chi connectivity index (χ4n) is 6.66. The minimum absolute atomic E-state index is 0.115. The van der Waals surface area contributed by atoms with Gasteiger partial charge < -0.3 is 5.73 Å². The smallest absolute Gasteiger partial charge is 0.0817 e. The van der Waals surface area contributed by atoms with Crippen LogP contribution in [0.1, 0.15) is 28.9 Å². The van der Waals surface area contributed by atoms with Crippen molar-refractivity contribution in [3.05, 3.63) is 174 Å². The molecule has 0 bridgehead atoms. The number of benzene rings is 8. The summed E-state index contributed by atoms with van der Waals surface area (Å²) >= 11 is 0. The largest absolute Gasteiger partial charge is 0.312 e. The van der Waals surface area contributed by atoms with Gasteiger partial charge in [-0.3, -0.25) is 5.32 Å². The van der Waals surface area contributed by atoms with Crippen LogP contribution >= 0.6 is 0 Å². The minimum Gasteiger partial charge on any atom is -0.312 e. The molecular formula is C42H32N2. The van der Waals surface area contributed by atoms with Crippen molar-refractivity contribution in [2.45, 2.75) is 12.2 Å². The summed E-state index contributed by atoms with van der Waals surface area (Å²) in [5.74, 6) is 0. The molecule has 0 fully saturated rings. The normalized spacial score (nSPS) is 13.4. The molecule has 8 aromatic carbocycles. The number of nitrogens with one attached hydrogen (secondary N) is 1. The van der Waals surface area contributed by atoms with Crippen molar-refractivity contribution in [3.63, 3.8) is 0 Å². The van der Waals surface area contributed by atoms with Gasteiger partial charge in [-0.25, -0.2) is 0 Å². The first kappa shape index (κ1) is 26.4. The maximum Gasteiger partial charge on any atom is 0.0817 e. The van der Waals surface area contributed by atoms with Gasteiger partial charge in [-0.2, -0.15) is 0 Å². The molecule has 44 heavy (non-hydrogen) atoms. The van der Waals surface area contributed by atoms with E-state index in [2.05, 4.69) is 151 Å². The van der Waals surface area contributed by atoms with E-state index in [1.54, 1.807) is 0 Å². The van der Waals surface area contributed by atoms with Crippen LogP contribution in [0.2, 0.25) is 0 Å². The number of hydrogen-bond acceptors (Lipinski definition) is 2. The van der Waals surface area contributed by atoms with Crippen molar-refractivity contribution in [2.75, 3.05) is 0 Å². The molecule has 0 radical (unpaired) electrons. The molecule has 2 atom stereocenters. The Hall–Kier alpha value is -5.28. The van der Waals surface area contributed by atoms with Gasteiger partial charge in [0.25, 0.3) is 0 Å². The highest BCUT2D eigenvalue weighted by atomic mass is 15.0. The second kappa shape index (κ2) is 11.1. The van der Waals surface area contributed by atoms with E-state index in [4.69, 9.17) is 5.73 Å². The van der Waals surface area contributed by atoms with E-state index in [1.807, 2.05) is 18.2 Å². The molecule has 0 aliphatic rings. The van der Waals surface area contributed by atoms with Gasteiger partial charge >= 0.3 is 0 Å². The van der Waals surface area contributed by atoms with Crippen LogP contribution in [-0.4, -0.2) is 0 Å². The van der Waals surface area contributed by atoms with Gasteiger partial charge in [0.05, 0.1) is 12.2 Å². The molecule has 8 aromatic rings. The molecule has 3 N–H and O–H groups in total. The molecule has 8 rings (SSSR count). The molecule has 0 aromatic heterocycles. The molecule has 0 saturated carbocycles. The Balaban J connectivity index is 1.29. The molecule has 0 heterocycles. The van der Waals surface area contributed by atoms with Gasteiger partial charge in [-0.1, -0.05) is 152 Å². The molecule has 0 aliphatic carbocycles. The fraction of sp³-hybridized carbons (Fsp3) is 0.0476. The lowest BCUT2D eigenvalue weighted by Crippen LogP contribution is -2.31. The fourth-order valence-corrected chi connectivity index (χ4v) is 6.66. The monoisotopic (exact) mass is 564 g/mol. The first-order chi connectivity index (χ1) is 21.7.